The maximum Gasteiger partial charge on any atom is 0.254 e. The van der Waals surface area contributed by atoms with Crippen LogP contribution in [0.25, 0.3) is 0 Å². The molecule has 0 atom stereocenters. The highest BCUT2D eigenvalue weighted by atomic mass is 16.7. The van der Waals surface area contributed by atoms with Crippen molar-refractivity contribution in [2.45, 2.75) is 20.8 Å². The van der Waals surface area contributed by atoms with Crippen LogP contribution in [0.4, 0.5) is 5.69 Å². The van der Waals surface area contributed by atoms with Gasteiger partial charge in [0.25, 0.3) is 5.91 Å². The van der Waals surface area contributed by atoms with Gasteiger partial charge in [-0.05, 0) is 48.7 Å². The molecule has 1 aliphatic rings. The molecule has 164 valence electrons. The van der Waals surface area contributed by atoms with Gasteiger partial charge in [-0.2, -0.15) is 0 Å². The fraction of sp³-hybridized carbons (Fsp3) is 0.348. The molecule has 2 aromatic carbocycles. The van der Waals surface area contributed by atoms with E-state index in [0.29, 0.717) is 29.3 Å². The summed E-state index contributed by atoms with van der Waals surface area (Å²) >= 11 is 0. The summed E-state index contributed by atoms with van der Waals surface area (Å²) in [5.41, 5.74) is 2.10. The lowest BCUT2D eigenvalue weighted by Crippen LogP contribution is -2.44. The first-order valence-electron chi connectivity index (χ1n) is 10.1. The summed E-state index contributed by atoms with van der Waals surface area (Å²) in [6.07, 6.45) is 0. The summed E-state index contributed by atoms with van der Waals surface area (Å²) in [6.45, 7) is 6.05. The molecule has 2 N–H and O–H groups in total. The summed E-state index contributed by atoms with van der Waals surface area (Å²) in [7, 11) is 0. The zero-order valence-electron chi connectivity index (χ0n) is 17.9. The van der Waals surface area contributed by atoms with Crippen LogP contribution >= 0.6 is 0 Å². The SMILES string of the molecule is Cc1cccc(NC(=O)CNC(=O)CN(CC(C)C)C(=O)c2ccc3c(c2)OCO3)c1. The molecule has 2 aromatic rings. The van der Waals surface area contributed by atoms with E-state index in [9.17, 15) is 14.4 Å². The monoisotopic (exact) mass is 425 g/mol. The quantitative estimate of drug-likeness (QED) is 0.678. The lowest BCUT2D eigenvalue weighted by atomic mass is 10.1. The summed E-state index contributed by atoms with van der Waals surface area (Å²) in [5.74, 6) is 0.226. The number of anilines is 1. The van der Waals surface area contributed by atoms with Gasteiger partial charge in [-0.1, -0.05) is 26.0 Å². The van der Waals surface area contributed by atoms with Crippen molar-refractivity contribution in [3.8, 4) is 11.5 Å². The number of hydrogen-bond donors (Lipinski definition) is 2. The Morgan fingerprint density at radius 3 is 2.55 bits per heavy atom. The van der Waals surface area contributed by atoms with Gasteiger partial charge in [0, 0.05) is 17.8 Å². The summed E-state index contributed by atoms with van der Waals surface area (Å²) in [6, 6.07) is 12.3. The van der Waals surface area contributed by atoms with Crippen molar-refractivity contribution >= 4 is 23.4 Å². The zero-order valence-corrected chi connectivity index (χ0v) is 17.9. The molecule has 1 aliphatic heterocycles. The average Bonchev–Trinajstić information content (AvgIpc) is 3.19. The molecule has 0 fully saturated rings. The molecule has 8 heteroatoms. The molecule has 0 radical (unpaired) electrons. The van der Waals surface area contributed by atoms with Crippen LogP contribution in [0.3, 0.4) is 0 Å². The maximum absolute atomic E-state index is 13.0. The molecule has 3 rings (SSSR count). The number of carbonyl (C=O) groups is 3. The Morgan fingerprint density at radius 1 is 1.03 bits per heavy atom. The van der Waals surface area contributed by atoms with Crippen LogP contribution in [0.5, 0.6) is 11.5 Å². The van der Waals surface area contributed by atoms with Crippen LogP contribution in [0, 0.1) is 12.8 Å². The van der Waals surface area contributed by atoms with E-state index in [2.05, 4.69) is 10.6 Å². The van der Waals surface area contributed by atoms with E-state index < -0.39 is 5.91 Å². The van der Waals surface area contributed by atoms with Crippen molar-refractivity contribution in [2.75, 3.05) is 31.7 Å². The van der Waals surface area contributed by atoms with Gasteiger partial charge in [-0.15, -0.1) is 0 Å². The van der Waals surface area contributed by atoms with Gasteiger partial charge < -0.3 is 25.0 Å². The van der Waals surface area contributed by atoms with E-state index in [0.717, 1.165) is 5.56 Å². The molecule has 0 spiro atoms. The molecular weight excluding hydrogens is 398 g/mol. The zero-order chi connectivity index (χ0) is 22.4. The predicted octanol–water partition coefficient (Wildman–Crippen LogP) is 2.58. The van der Waals surface area contributed by atoms with Gasteiger partial charge in [0.1, 0.15) is 0 Å². The third kappa shape index (κ3) is 6.21. The fourth-order valence-electron chi connectivity index (χ4n) is 3.21. The van der Waals surface area contributed by atoms with E-state index in [-0.39, 0.29) is 37.6 Å². The van der Waals surface area contributed by atoms with Crippen molar-refractivity contribution in [1.29, 1.82) is 0 Å². The molecule has 8 nitrogen and oxygen atoms in total. The lowest BCUT2D eigenvalue weighted by molar-refractivity contribution is -0.124. The number of nitrogens with one attached hydrogen (secondary N) is 2. The summed E-state index contributed by atoms with van der Waals surface area (Å²) in [4.78, 5) is 39.0. The van der Waals surface area contributed by atoms with Gasteiger partial charge in [-0.25, -0.2) is 0 Å². The van der Waals surface area contributed by atoms with Crippen molar-refractivity contribution in [1.82, 2.24) is 10.2 Å². The van der Waals surface area contributed by atoms with E-state index in [4.69, 9.17) is 9.47 Å². The summed E-state index contributed by atoms with van der Waals surface area (Å²) in [5, 5.41) is 5.32. The van der Waals surface area contributed by atoms with Gasteiger partial charge in [0.05, 0.1) is 13.1 Å². The first-order chi connectivity index (χ1) is 14.8. The second-order valence-electron chi connectivity index (χ2n) is 7.84. The topological polar surface area (TPSA) is 97.0 Å². The molecule has 31 heavy (non-hydrogen) atoms. The Balaban J connectivity index is 1.57. The van der Waals surface area contributed by atoms with E-state index in [1.165, 1.54) is 4.90 Å². The number of nitrogens with zero attached hydrogens (tertiary/aromatic N) is 1. The largest absolute Gasteiger partial charge is 0.454 e. The number of fused-ring (bicyclic) bond motifs is 1. The van der Waals surface area contributed by atoms with E-state index in [1.54, 1.807) is 24.3 Å². The highest BCUT2D eigenvalue weighted by molar-refractivity contribution is 5.98. The number of rotatable bonds is 8. The highest BCUT2D eigenvalue weighted by Crippen LogP contribution is 2.32. The second kappa shape index (κ2) is 9.97. The number of ether oxygens (including phenoxy) is 2. The number of hydrogen-bond acceptors (Lipinski definition) is 5. The number of benzene rings is 2. The predicted molar refractivity (Wildman–Crippen MR) is 116 cm³/mol. The molecule has 0 saturated carbocycles. The normalized spacial score (nSPS) is 11.9. The van der Waals surface area contributed by atoms with Crippen LogP contribution in [0.2, 0.25) is 0 Å². The van der Waals surface area contributed by atoms with Crippen molar-refractivity contribution in [2.24, 2.45) is 5.92 Å². The van der Waals surface area contributed by atoms with Crippen molar-refractivity contribution < 1.29 is 23.9 Å². The van der Waals surface area contributed by atoms with Crippen LogP contribution in [0.15, 0.2) is 42.5 Å². The highest BCUT2D eigenvalue weighted by Gasteiger charge is 2.23. The molecule has 3 amide bonds. The Labute approximate surface area is 181 Å². The number of amides is 3. The molecule has 0 aromatic heterocycles. The van der Waals surface area contributed by atoms with Crippen LogP contribution in [-0.4, -0.2) is 49.0 Å². The minimum atomic E-state index is -0.408. The molecule has 0 unspecified atom stereocenters. The fourth-order valence-corrected chi connectivity index (χ4v) is 3.21. The van der Waals surface area contributed by atoms with Crippen LogP contribution in [0.1, 0.15) is 29.8 Å². The van der Waals surface area contributed by atoms with Gasteiger partial charge >= 0.3 is 0 Å². The number of carbonyl (C=O) groups excluding carboxylic acids is 3. The first-order valence-corrected chi connectivity index (χ1v) is 10.1. The van der Waals surface area contributed by atoms with E-state index >= 15 is 0 Å². The maximum atomic E-state index is 13.0. The second-order valence-corrected chi connectivity index (χ2v) is 7.84. The third-order valence-electron chi connectivity index (χ3n) is 4.57. The van der Waals surface area contributed by atoms with Gasteiger partial charge in [0.15, 0.2) is 11.5 Å². The number of aryl methyl sites for hydroxylation is 1. The smallest absolute Gasteiger partial charge is 0.254 e. The van der Waals surface area contributed by atoms with Crippen LogP contribution < -0.4 is 20.1 Å². The lowest BCUT2D eigenvalue weighted by Gasteiger charge is -2.24. The average molecular weight is 425 g/mol. The van der Waals surface area contributed by atoms with Gasteiger partial charge in [-0.3, -0.25) is 14.4 Å². The molecule has 0 saturated heterocycles. The van der Waals surface area contributed by atoms with E-state index in [1.807, 2.05) is 39.0 Å². The Morgan fingerprint density at radius 2 is 1.81 bits per heavy atom. The minimum Gasteiger partial charge on any atom is -0.454 e. The minimum absolute atomic E-state index is 0.121. The van der Waals surface area contributed by atoms with Crippen molar-refractivity contribution in [3.05, 3.63) is 53.6 Å². The van der Waals surface area contributed by atoms with Crippen molar-refractivity contribution in [3.63, 3.8) is 0 Å². The molecular formula is C23H27N3O5. The Hall–Kier alpha value is -3.55. The first kappa shape index (κ1) is 22.1. The summed E-state index contributed by atoms with van der Waals surface area (Å²) < 4.78 is 10.6. The third-order valence-corrected chi connectivity index (χ3v) is 4.57. The molecule has 0 aliphatic carbocycles. The molecule has 1 heterocycles. The Kier molecular flexibility index (Phi) is 7.12. The standard InChI is InChI=1S/C23H27N3O5/c1-15(2)12-26(23(29)17-7-8-19-20(10-17)31-14-30-19)13-22(28)24-11-21(27)25-18-6-4-5-16(3)9-18/h4-10,15H,11-14H2,1-3H3,(H,24,28)(H,25,27). The van der Waals surface area contributed by atoms with Crippen LogP contribution in [-0.2, 0) is 9.59 Å². The molecule has 0 bridgehead atoms. The van der Waals surface area contributed by atoms with Gasteiger partial charge in [0.2, 0.25) is 18.6 Å². The Bertz CT molecular complexity index is 973.